The third kappa shape index (κ3) is 5.07. The van der Waals surface area contributed by atoms with Gasteiger partial charge in [0.1, 0.15) is 11.9 Å². The third-order valence-electron chi connectivity index (χ3n) is 2.42. The SMILES string of the molecule is CC1(C)Oc2ccccc2C(COS([NH-])(=O)=O)O1.[K+]. The summed E-state index contributed by atoms with van der Waals surface area (Å²) < 4.78 is 37.1. The summed E-state index contributed by atoms with van der Waals surface area (Å²) in [6.07, 6.45) is -0.579. The van der Waals surface area contributed by atoms with E-state index in [0.717, 1.165) is 0 Å². The molecule has 1 aromatic rings. The summed E-state index contributed by atoms with van der Waals surface area (Å²) in [4.78, 5) is 0. The van der Waals surface area contributed by atoms with Crippen LogP contribution in [0.15, 0.2) is 24.3 Å². The van der Waals surface area contributed by atoms with Crippen LogP contribution in [0.2, 0.25) is 0 Å². The van der Waals surface area contributed by atoms with Gasteiger partial charge in [-0.05, 0) is 6.07 Å². The van der Waals surface area contributed by atoms with Crippen LogP contribution in [0.1, 0.15) is 25.5 Å². The minimum atomic E-state index is -4.23. The van der Waals surface area contributed by atoms with Crippen LogP contribution >= 0.6 is 0 Å². The molecule has 1 heterocycles. The Hall–Kier alpha value is 0.486. The summed E-state index contributed by atoms with van der Waals surface area (Å²) in [6, 6.07) is 7.17. The molecule has 1 aromatic carbocycles. The molecule has 0 aliphatic carbocycles. The zero-order chi connectivity index (χ0) is 13.4. The standard InChI is InChI=1S/C11H14NO5S.K/c1-11(2)16-9-6-4-3-5-8(9)10(17-11)7-15-18(12,13)14;/h3-6,10H,7H2,1-2H3,(H-,12,13,14);/q-1;+1. The van der Waals surface area contributed by atoms with Crippen LogP contribution < -0.4 is 56.1 Å². The molecule has 0 saturated carbocycles. The van der Waals surface area contributed by atoms with Crippen molar-refractivity contribution >= 4 is 10.3 Å². The molecule has 1 N–H and O–H groups in total. The van der Waals surface area contributed by atoms with Crippen molar-refractivity contribution in [1.82, 2.24) is 0 Å². The van der Waals surface area contributed by atoms with Gasteiger partial charge in [0.05, 0.1) is 6.61 Å². The molecule has 0 amide bonds. The Morgan fingerprint density at radius 3 is 2.63 bits per heavy atom. The number of hydrogen-bond acceptors (Lipinski definition) is 5. The minimum absolute atomic E-state index is 0. The molecule has 1 unspecified atom stereocenters. The minimum Gasteiger partial charge on any atom is -0.540 e. The fraction of sp³-hybridized carbons (Fsp3) is 0.455. The second kappa shape index (κ2) is 6.50. The number of para-hydroxylation sites is 1. The topological polar surface area (TPSA) is 85.6 Å². The van der Waals surface area contributed by atoms with Gasteiger partial charge in [0.25, 0.3) is 0 Å². The summed E-state index contributed by atoms with van der Waals surface area (Å²) in [6.45, 7) is 3.21. The Balaban J connectivity index is 0.00000180. The van der Waals surface area contributed by atoms with Gasteiger partial charge in [-0.25, -0.2) is 8.42 Å². The van der Waals surface area contributed by atoms with Crippen molar-refractivity contribution in [3.8, 4) is 5.75 Å². The summed E-state index contributed by atoms with van der Waals surface area (Å²) in [5, 5.41) is 6.70. The molecule has 0 aromatic heterocycles. The van der Waals surface area contributed by atoms with Crippen LogP contribution in [0.3, 0.4) is 0 Å². The van der Waals surface area contributed by atoms with Gasteiger partial charge in [0.2, 0.25) is 5.79 Å². The van der Waals surface area contributed by atoms with Crippen LogP contribution in [0.5, 0.6) is 5.75 Å². The molecule has 1 aliphatic heterocycles. The summed E-state index contributed by atoms with van der Waals surface area (Å²) in [5.41, 5.74) is 0.709. The van der Waals surface area contributed by atoms with Gasteiger partial charge in [-0.2, -0.15) is 0 Å². The zero-order valence-corrected chi connectivity index (χ0v) is 15.0. The van der Waals surface area contributed by atoms with E-state index in [1.54, 1.807) is 32.0 Å². The molecule has 0 spiro atoms. The number of nitrogens with one attached hydrogen (secondary N) is 1. The van der Waals surface area contributed by atoms with E-state index in [0.29, 0.717) is 11.3 Å². The van der Waals surface area contributed by atoms with E-state index in [9.17, 15) is 8.42 Å². The molecule has 1 aliphatic rings. The number of rotatable bonds is 3. The predicted molar refractivity (Wildman–Crippen MR) is 64.2 cm³/mol. The van der Waals surface area contributed by atoms with Crippen molar-refractivity contribution in [2.75, 3.05) is 6.61 Å². The van der Waals surface area contributed by atoms with Crippen molar-refractivity contribution in [3.05, 3.63) is 35.0 Å². The van der Waals surface area contributed by atoms with E-state index in [-0.39, 0.29) is 58.0 Å². The molecule has 6 nitrogen and oxygen atoms in total. The quantitative estimate of drug-likeness (QED) is 0.682. The molecule has 0 fully saturated rings. The Bertz CT molecular complexity index is 546. The van der Waals surface area contributed by atoms with Crippen molar-refractivity contribution < 1.29 is 73.5 Å². The van der Waals surface area contributed by atoms with Crippen molar-refractivity contribution in [2.45, 2.75) is 25.7 Å². The van der Waals surface area contributed by atoms with E-state index >= 15 is 0 Å². The normalized spacial score (nSPS) is 20.9. The summed E-state index contributed by atoms with van der Waals surface area (Å²) >= 11 is 0. The largest absolute Gasteiger partial charge is 1.00 e. The zero-order valence-electron chi connectivity index (χ0n) is 11.0. The number of hydrogen-bond donors (Lipinski definition) is 0. The smallest absolute Gasteiger partial charge is 0.540 e. The van der Waals surface area contributed by atoms with Gasteiger partial charge in [0.15, 0.2) is 10.3 Å². The Morgan fingerprint density at radius 2 is 2.00 bits per heavy atom. The average molecular weight is 311 g/mol. The van der Waals surface area contributed by atoms with Crippen LogP contribution in [0, 0.1) is 0 Å². The van der Waals surface area contributed by atoms with Gasteiger partial charge in [-0.3, -0.25) is 4.18 Å². The van der Waals surface area contributed by atoms with Crippen LogP contribution in [0.4, 0.5) is 0 Å². The molecular formula is C11H14KNO5S. The number of fused-ring (bicyclic) bond motifs is 1. The van der Waals surface area contributed by atoms with E-state index < -0.39 is 22.2 Å². The van der Waals surface area contributed by atoms with E-state index in [2.05, 4.69) is 4.18 Å². The molecule has 0 bridgehead atoms. The Kier molecular flexibility index (Phi) is 6.00. The molecule has 2 rings (SSSR count). The summed E-state index contributed by atoms with van der Waals surface area (Å²) in [5.74, 6) is -0.238. The molecule has 0 radical (unpaired) electrons. The summed E-state index contributed by atoms with van der Waals surface area (Å²) in [7, 11) is -4.23. The van der Waals surface area contributed by atoms with Crippen molar-refractivity contribution in [2.24, 2.45) is 0 Å². The molecule has 100 valence electrons. The number of ether oxygens (including phenoxy) is 2. The van der Waals surface area contributed by atoms with E-state index in [1.165, 1.54) is 0 Å². The molecular weight excluding hydrogens is 297 g/mol. The van der Waals surface area contributed by atoms with Crippen LogP contribution in [0.25, 0.3) is 5.14 Å². The van der Waals surface area contributed by atoms with E-state index in [1.807, 2.05) is 6.07 Å². The average Bonchev–Trinajstić information content (AvgIpc) is 2.23. The van der Waals surface area contributed by atoms with Crippen molar-refractivity contribution in [1.29, 1.82) is 0 Å². The first-order chi connectivity index (χ1) is 8.27. The molecule has 1 atom stereocenters. The Morgan fingerprint density at radius 1 is 1.37 bits per heavy atom. The first-order valence-electron chi connectivity index (χ1n) is 5.37. The second-order valence-electron chi connectivity index (χ2n) is 4.38. The van der Waals surface area contributed by atoms with Gasteiger partial charge < -0.3 is 14.6 Å². The first kappa shape index (κ1) is 17.5. The predicted octanol–water partition coefficient (Wildman–Crippen LogP) is -0.810. The fourth-order valence-electron chi connectivity index (χ4n) is 1.81. The fourth-order valence-corrected chi connectivity index (χ4v) is 2.11. The maximum absolute atomic E-state index is 10.7. The second-order valence-corrected chi connectivity index (χ2v) is 5.53. The monoisotopic (exact) mass is 311 g/mol. The molecule has 19 heavy (non-hydrogen) atoms. The van der Waals surface area contributed by atoms with Crippen LogP contribution in [-0.4, -0.2) is 20.8 Å². The van der Waals surface area contributed by atoms with Gasteiger partial charge >= 0.3 is 51.4 Å². The maximum Gasteiger partial charge on any atom is 1.00 e. The van der Waals surface area contributed by atoms with Gasteiger partial charge in [-0.1, -0.05) is 18.2 Å². The maximum atomic E-state index is 10.7. The van der Waals surface area contributed by atoms with E-state index in [4.69, 9.17) is 14.6 Å². The third-order valence-corrected chi connectivity index (χ3v) is 2.87. The van der Waals surface area contributed by atoms with Gasteiger partial charge in [-0.15, -0.1) is 0 Å². The Labute approximate surface area is 155 Å². The molecule has 0 saturated heterocycles. The van der Waals surface area contributed by atoms with Gasteiger partial charge in [0, 0.05) is 19.4 Å². The van der Waals surface area contributed by atoms with Crippen LogP contribution in [-0.2, 0) is 19.2 Å². The number of benzene rings is 1. The first-order valence-corrected chi connectivity index (χ1v) is 6.77. The molecule has 8 heteroatoms. The van der Waals surface area contributed by atoms with Crippen molar-refractivity contribution in [3.63, 3.8) is 0 Å².